The van der Waals surface area contributed by atoms with Crippen LogP contribution in [0.2, 0.25) is 0 Å². The maximum absolute atomic E-state index is 14.2. The molecule has 1 aromatic carbocycles. The first-order valence-corrected chi connectivity index (χ1v) is 15.6. The molecule has 0 saturated heterocycles. The minimum atomic E-state index is -0.486. The Kier molecular flexibility index (Phi) is 15.2. The van der Waals surface area contributed by atoms with Gasteiger partial charge < -0.3 is 39.9 Å². The quantitative estimate of drug-likeness (QED) is 0.371. The fourth-order valence-electron chi connectivity index (χ4n) is 4.95. The van der Waals surface area contributed by atoms with E-state index in [9.17, 15) is 19.5 Å². The van der Waals surface area contributed by atoms with Crippen molar-refractivity contribution in [2.24, 2.45) is 5.92 Å². The average Bonchev–Trinajstić information content (AvgIpc) is 2.93. The van der Waals surface area contributed by atoms with E-state index in [1.807, 2.05) is 46.7 Å². The van der Waals surface area contributed by atoms with Gasteiger partial charge in [0.1, 0.15) is 5.75 Å². The van der Waals surface area contributed by atoms with Crippen molar-refractivity contribution < 1.29 is 29.0 Å². The number of carbonyl (C=O) groups is 3. The molecule has 11 heteroatoms. The van der Waals surface area contributed by atoms with E-state index in [2.05, 4.69) is 10.6 Å². The number of carbonyl (C=O) groups excluding carboxylic acids is 3. The number of nitrogens with one attached hydrogen (secondary N) is 2. The second kappa shape index (κ2) is 18.0. The molecule has 0 radical (unpaired) electrons. The van der Waals surface area contributed by atoms with Crippen LogP contribution in [0.25, 0.3) is 0 Å². The van der Waals surface area contributed by atoms with Crippen LogP contribution in [-0.4, -0.2) is 116 Å². The molecule has 0 bridgehead atoms. The number of hydrogen-bond donors (Lipinski definition) is 3. The first-order valence-electron chi connectivity index (χ1n) is 15.6. The Labute approximate surface area is 258 Å². The molecule has 244 valence electrons. The fraction of sp³-hybridized carbons (Fsp3) is 0.719. The van der Waals surface area contributed by atoms with Gasteiger partial charge in [0.15, 0.2) is 0 Å². The highest BCUT2D eigenvalue weighted by Gasteiger charge is 2.31. The van der Waals surface area contributed by atoms with Crippen LogP contribution in [0.3, 0.4) is 0 Å². The number of aliphatic hydroxyl groups excluding tert-OH is 1. The smallest absolute Gasteiger partial charge is 0.317 e. The van der Waals surface area contributed by atoms with Gasteiger partial charge >= 0.3 is 6.03 Å². The first kappa shape index (κ1) is 36.3. The Morgan fingerprint density at radius 3 is 2.51 bits per heavy atom. The monoisotopic (exact) mass is 605 g/mol. The molecule has 4 amide bonds. The van der Waals surface area contributed by atoms with Gasteiger partial charge in [0.25, 0.3) is 5.91 Å². The summed E-state index contributed by atoms with van der Waals surface area (Å²) in [7, 11) is 5.67. The van der Waals surface area contributed by atoms with Crippen molar-refractivity contribution in [1.82, 2.24) is 20.0 Å². The molecule has 1 aliphatic heterocycles. The summed E-state index contributed by atoms with van der Waals surface area (Å²) in [5.41, 5.74) is 0.844. The Hall–Kier alpha value is -2.89. The van der Waals surface area contributed by atoms with Crippen molar-refractivity contribution in [2.75, 3.05) is 59.3 Å². The highest BCUT2D eigenvalue weighted by atomic mass is 16.5. The molecule has 11 nitrogen and oxygen atoms in total. The van der Waals surface area contributed by atoms with Gasteiger partial charge in [-0.2, -0.15) is 0 Å². The number of fused-ring (bicyclic) bond motifs is 1. The van der Waals surface area contributed by atoms with Gasteiger partial charge in [-0.05, 0) is 92.2 Å². The number of rotatable bonds is 10. The Bertz CT molecular complexity index is 1040. The summed E-state index contributed by atoms with van der Waals surface area (Å²) in [6.45, 7) is 11.3. The minimum Gasteiger partial charge on any atom is -0.490 e. The zero-order chi connectivity index (χ0) is 32.1. The number of anilines is 1. The molecule has 1 aliphatic rings. The van der Waals surface area contributed by atoms with Gasteiger partial charge in [-0.1, -0.05) is 6.92 Å². The summed E-state index contributed by atoms with van der Waals surface area (Å²) < 4.78 is 12.6. The number of amides is 4. The number of hydrogen-bond acceptors (Lipinski definition) is 7. The maximum Gasteiger partial charge on any atom is 0.317 e. The SMILES string of the molecule is CC(C)NC(=O)N(C)C[C@H]1OCCCC[C@@H](C)Oc2ccc(NC(=O)CCCN(C)C)cc2C(=O)N([C@@H](C)CO)C[C@H]1C. The normalized spacial score (nSPS) is 21.0. The molecule has 0 spiro atoms. The van der Waals surface area contributed by atoms with E-state index in [0.29, 0.717) is 43.1 Å². The van der Waals surface area contributed by atoms with E-state index in [4.69, 9.17) is 9.47 Å². The first-order chi connectivity index (χ1) is 20.3. The highest BCUT2D eigenvalue weighted by molar-refractivity contribution is 5.99. The van der Waals surface area contributed by atoms with Crippen molar-refractivity contribution in [1.29, 1.82) is 0 Å². The molecule has 1 aromatic rings. The van der Waals surface area contributed by atoms with Crippen LogP contribution < -0.4 is 15.4 Å². The topological polar surface area (TPSA) is 124 Å². The Morgan fingerprint density at radius 1 is 1.14 bits per heavy atom. The number of nitrogens with zero attached hydrogens (tertiary/aromatic N) is 3. The molecule has 0 aromatic heterocycles. The lowest BCUT2D eigenvalue weighted by Crippen LogP contribution is -2.49. The van der Waals surface area contributed by atoms with Crippen molar-refractivity contribution in [2.45, 2.75) is 91.0 Å². The van der Waals surface area contributed by atoms with Crippen molar-refractivity contribution in [3.05, 3.63) is 23.8 Å². The molecular weight excluding hydrogens is 550 g/mol. The highest BCUT2D eigenvalue weighted by Crippen LogP contribution is 2.28. The molecule has 0 aliphatic carbocycles. The molecule has 43 heavy (non-hydrogen) atoms. The molecule has 2 rings (SSSR count). The minimum absolute atomic E-state index is 0.00722. The van der Waals surface area contributed by atoms with E-state index in [1.165, 1.54) is 0 Å². The van der Waals surface area contributed by atoms with Crippen LogP contribution in [0.15, 0.2) is 18.2 Å². The van der Waals surface area contributed by atoms with Crippen LogP contribution >= 0.6 is 0 Å². The number of benzene rings is 1. The van der Waals surface area contributed by atoms with Crippen LogP contribution in [0.1, 0.15) is 77.1 Å². The van der Waals surface area contributed by atoms with Crippen LogP contribution in [0.4, 0.5) is 10.5 Å². The number of ether oxygens (including phenoxy) is 2. The van der Waals surface area contributed by atoms with Gasteiger partial charge in [0.2, 0.25) is 5.91 Å². The zero-order valence-corrected chi connectivity index (χ0v) is 27.5. The van der Waals surface area contributed by atoms with Crippen LogP contribution in [-0.2, 0) is 9.53 Å². The number of aliphatic hydroxyl groups is 1. The molecule has 1 heterocycles. The molecular formula is C32H55N5O6. The van der Waals surface area contributed by atoms with E-state index < -0.39 is 6.04 Å². The average molecular weight is 606 g/mol. The third-order valence-corrected chi connectivity index (χ3v) is 7.56. The second-order valence-corrected chi connectivity index (χ2v) is 12.5. The van der Waals surface area contributed by atoms with Crippen molar-refractivity contribution in [3.8, 4) is 5.75 Å². The lowest BCUT2D eigenvalue weighted by Gasteiger charge is -2.36. The van der Waals surface area contributed by atoms with Crippen molar-refractivity contribution in [3.63, 3.8) is 0 Å². The summed E-state index contributed by atoms with van der Waals surface area (Å²) in [6, 6.07) is 4.51. The fourth-order valence-corrected chi connectivity index (χ4v) is 4.95. The molecule has 0 unspecified atom stereocenters. The molecule has 0 saturated carbocycles. The largest absolute Gasteiger partial charge is 0.490 e. The maximum atomic E-state index is 14.2. The zero-order valence-electron chi connectivity index (χ0n) is 27.5. The Balaban J connectivity index is 2.39. The lowest BCUT2D eigenvalue weighted by molar-refractivity contribution is -0.116. The van der Waals surface area contributed by atoms with Gasteiger partial charge in [0.05, 0.1) is 30.4 Å². The third kappa shape index (κ3) is 12.3. The van der Waals surface area contributed by atoms with Crippen LogP contribution in [0, 0.1) is 5.92 Å². The van der Waals surface area contributed by atoms with Gasteiger partial charge in [-0.25, -0.2) is 4.79 Å². The predicted octanol–water partition coefficient (Wildman–Crippen LogP) is 3.81. The van der Waals surface area contributed by atoms with Gasteiger partial charge in [-0.15, -0.1) is 0 Å². The standard InChI is InChI=1S/C32H55N5O6/c1-22(2)33-32(41)36(8)20-29-23(3)19-37(24(4)21-38)31(40)27-18-26(34-30(39)13-11-16-35(6)7)14-15-28(27)43-25(5)12-9-10-17-42-29/h14-15,18,22-25,29,38H,9-13,16-17,19-21H2,1-8H3,(H,33,41)(H,34,39)/t23-,24+,25-,29-/m1/s1. The third-order valence-electron chi connectivity index (χ3n) is 7.56. The van der Waals surface area contributed by atoms with Gasteiger partial charge in [0, 0.05) is 50.8 Å². The molecule has 0 fully saturated rings. The summed E-state index contributed by atoms with van der Waals surface area (Å²) >= 11 is 0. The van der Waals surface area contributed by atoms with Crippen molar-refractivity contribution >= 4 is 23.5 Å². The molecule has 4 atom stereocenters. The van der Waals surface area contributed by atoms with E-state index in [0.717, 1.165) is 32.2 Å². The summed E-state index contributed by atoms with van der Waals surface area (Å²) in [5, 5.41) is 16.0. The Morgan fingerprint density at radius 2 is 1.86 bits per heavy atom. The summed E-state index contributed by atoms with van der Waals surface area (Å²) in [5.74, 6) is -0.135. The van der Waals surface area contributed by atoms with Gasteiger partial charge in [-0.3, -0.25) is 9.59 Å². The number of likely N-dealkylation sites (N-methyl/N-ethyl adjacent to an activating group) is 1. The van der Waals surface area contributed by atoms with E-state index in [1.54, 1.807) is 42.0 Å². The summed E-state index contributed by atoms with van der Waals surface area (Å²) in [6.07, 6.45) is 3.10. The number of urea groups is 1. The van der Waals surface area contributed by atoms with Crippen LogP contribution in [0.5, 0.6) is 5.75 Å². The lowest BCUT2D eigenvalue weighted by atomic mass is 10.0. The van der Waals surface area contributed by atoms with E-state index >= 15 is 0 Å². The second-order valence-electron chi connectivity index (χ2n) is 12.5. The molecule has 3 N–H and O–H groups in total. The van der Waals surface area contributed by atoms with E-state index in [-0.39, 0.29) is 48.6 Å². The predicted molar refractivity (Wildman–Crippen MR) is 170 cm³/mol. The summed E-state index contributed by atoms with van der Waals surface area (Å²) in [4.78, 5) is 44.8.